The minimum Gasteiger partial charge on any atom is -0.436 e. The molecule has 0 N–H and O–H groups in total. The molecule has 1 heterocycles. The van der Waals surface area contributed by atoms with E-state index >= 15 is 0 Å². The topological polar surface area (TPSA) is 35.0 Å². The fourth-order valence-electron chi connectivity index (χ4n) is 1.32. The summed E-state index contributed by atoms with van der Waals surface area (Å²) in [5, 5.41) is 1.16. The fraction of sp³-hybridized carbons (Fsp3) is 0.167. The maximum Gasteiger partial charge on any atom is 0.257 e. The maximum atomic E-state index is 5.97. The first-order chi connectivity index (χ1) is 8.45. The third-order valence-electron chi connectivity index (χ3n) is 2.29. The summed E-state index contributed by atoms with van der Waals surface area (Å²) >= 11 is 17.7. The smallest absolute Gasteiger partial charge is 0.257 e. The molecule has 2 aromatic rings. The minimum atomic E-state index is 0.203. The Morgan fingerprint density at radius 2 is 1.44 bits per heavy atom. The van der Waals surface area contributed by atoms with Crippen molar-refractivity contribution in [1.29, 1.82) is 0 Å². The minimum absolute atomic E-state index is 0.203. The standard InChI is InChI=1S/C12H9Cl3N2O/c1-6-7(2)17-12(11(15)16-6)18-10-4-8(13)3-9(14)5-10/h3-5H,1-2H3. The summed E-state index contributed by atoms with van der Waals surface area (Å²) in [5.74, 6) is 0.699. The normalized spacial score (nSPS) is 10.5. The number of nitrogens with zero attached hydrogens (tertiary/aromatic N) is 2. The molecule has 2 rings (SSSR count). The first-order valence-electron chi connectivity index (χ1n) is 5.10. The summed E-state index contributed by atoms with van der Waals surface area (Å²) in [6.45, 7) is 3.66. The van der Waals surface area contributed by atoms with Gasteiger partial charge in [-0.05, 0) is 32.0 Å². The van der Waals surface area contributed by atoms with E-state index < -0.39 is 0 Å². The van der Waals surface area contributed by atoms with Gasteiger partial charge < -0.3 is 4.74 Å². The summed E-state index contributed by atoms with van der Waals surface area (Å²) in [7, 11) is 0. The summed E-state index contributed by atoms with van der Waals surface area (Å²) in [6, 6.07) is 4.87. The molecular weight excluding hydrogens is 295 g/mol. The molecule has 1 aromatic heterocycles. The number of ether oxygens (including phenoxy) is 1. The lowest BCUT2D eigenvalue weighted by Gasteiger charge is -2.08. The molecule has 1 aromatic carbocycles. The Labute approximate surface area is 120 Å². The van der Waals surface area contributed by atoms with Gasteiger partial charge in [0.15, 0.2) is 5.15 Å². The number of hydrogen-bond acceptors (Lipinski definition) is 3. The van der Waals surface area contributed by atoms with Crippen molar-refractivity contribution in [1.82, 2.24) is 9.97 Å². The van der Waals surface area contributed by atoms with Crippen molar-refractivity contribution in [2.24, 2.45) is 0 Å². The highest BCUT2D eigenvalue weighted by Gasteiger charge is 2.10. The lowest BCUT2D eigenvalue weighted by molar-refractivity contribution is 0.458. The monoisotopic (exact) mass is 302 g/mol. The highest BCUT2D eigenvalue weighted by molar-refractivity contribution is 6.34. The first kappa shape index (κ1) is 13.4. The molecule has 0 aliphatic rings. The van der Waals surface area contributed by atoms with Gasteiger partial charge in [0.1, 0.15) is 5.75 Å². The van der Waals surface area contributed by atoms with Crippen molar-refractivity contribution in [2.75, 3.05) is 0 Å². The number of halogens is 3. The molecule has 0 fully saturated rings. The molecule has 0 atom stereocenters. The largest absolute Gasteiger partial charge is 0.436 e. The SMILES string of the molecule is Cc1nc(Cl)c(Oc2cc(Cl)cc(Cl)c2)nc1C. The lowest BCUT2D eigenvalue weighted by Crippen LogP contribution is -1.97. The molecule has 0 unspecified atom stereocenters. The number of aromatic nitrogens is 2. The van der Waals surface area contributed by atoms with Crippen LogP contribution in [0.4, 0.5) is 0 Å². The maximum absolute atomic E-state index is 5.97. The number of benzene rings is 1. The zero-order valence-electron chi connectivity index (χ0n) is 9.67. The molecule has 0 amide bonds. The van der Waals surface area contributed by atoms with Crippen LogP contribution in [0, 0.1) is 13.8 Å². The molecule has 6 heteroatoms. The van der Waals surface area contributed by atoms with Crippen molar-refractivity contribution < 1.29 is 4.74 Å². The van der Waals surface area contributed by atoms with E-state index in [2.05, 4.69) is 9.97 Å². The molecule has 0 saturated heterocycles. The van der Waals surface area contributed by atoms with Gasteiger partial charge >= 0.3 is 0 Å². The van der Waals surface area contributed by atoms with Gasteiger partial charge in [0.25, 0.3) is 5.88 Å². The summed E-state index contributed by atoms with van der Waals surface area (Å²) in [6.07, 6.45) is 0. The van der Waals surface area contributed by atoms with Crippen LogP contribution in [0.5, 0.6) is 11.6 Å². The van der Waals surface area contributed by atoms with Crippen molar-refractivity contribution in [3.8, 4) is 11.6 Å². The Kier molecular flexibility index (Phi) is 3.95. The van der Waals surface area contributed by atoms with Crippen molar-refractivity contribution in [3.05, 3.63) is 44.8 Å². The third-order valence-corrected chi connectivity index (χ3v) is 2.97. The highest BCUT2D eigenvalue weighted by atomic mass is 35.5. The van der Waals surface area contributed by atoms with Gasteiger partial charge in [-0.1, -0.05) is 34.8 Å². The van der Waals surface area contributed by atoms with Crippen LogP contribution < -0.4 is 4.74 Å². The van der Waals surface area contributed by atoms with Gasteiger partial charge in [-0.15, -0.1) is 0 Å². The Morgan fingerprint density at radius 3 is 2.06 bits per heavy atom. The van der Waals surface area contributed by atoms with Crippen LogP contribution in [0.1, 0.15) is 11.4 Å². The second-order valence-electron chi connectivity index (χ2n) is 3.70. The van der Waals surface area contributed by atoms with E-state index in [1.807, 2.05) is 13.8 Å². The summed E-state index contributed by atoms with van der Waals surface area (Å²) < 4.78 is 5.53. The van der Waals surface area contributed by atoms with Gasteiger partial charge in [-0.25, -0.2) is 9.97 Å². The second-order valence-corrected chi connectivity index (χ2v) is 4.93. The van der Waals surface area contributed by atoms with E-state index in [0.717, 1.165) is 11.4 Å². The molecule has 94 valence electrons. The lowest BCUT2D eigenvalue weighted by atomic mass is 10.3. The average Bonchev–Trinajstić information content (AvgIpc) is 2.24. The molecule has 18 heavy (non-hydrogen) atoms. The molecular formula is C12H9Cl3N2O. The molecule has 0 radical (unpaired) electrons. The van der Waals surface area contributed by atoms with Gasteiger partial charge in [-0.3, -0.25) is 0 Å². The Balaban J connectivity index is 2.36. The molecule has 0 saturated carbocycles. The zero-order valence-corrected chi connectivity index (χ0v) is 11.9. The van der Waals surface area contributed by atoms with E-state index in [1.54, 1.807) is 18.2 Å². The van der Waals surface area contributed by atoms with Crippen molar-refractivity contribution in [2.45, 2.75) is 13.8 Å². The molecule has 0 aliphatic carbocycles. The number of aryl methyl sites for hydroxylation is 2. The highest BCUT2D eigenvalue weighted by Crippen LogP contribution is 2.30. The van der Waals surface area contributed by atoms with E-state index in [-0.39, 0.29) is 11.0 Å². The van der Waals surface area contributed by atoms with Gasteiger partial charge in [-0.2, -0.15) is 0 Å². The molecule has 0 spiro atoms. The van der Waals surface area contributed by atoms with E-state index in [9.17, 15) is 0 Å². The predicted molar refractivity (Wildman–Crippen MR) is 73.1 cm³/mol. The molecule has 3 nitrogen and oxygen atoms in total. The molecule has 0 bridgehead atoms. The van der Waals surface area contributed by atoms with E-state index in [1.165, 1.54) is 0 Å². The van der Waals surface area contributed by atoms with Crippen LogP contribution in [0.15, 0.2) is 18.2 Å². The van der Waals surface area contributed by atoms with Gasteiger partial charge in [0.2, 0.25) is 0 Å². The van der Waals surface area contributed by atoms with Crippen LogP contribution in [-0.4, -0.2) is 9.97 Å². The van der Waals surface area contributed by atoms with Crippen LogP contribution in [-0.2, 0) is 0 Å². The quantitative estimate of drug-likeness (QED) is 0.795. The van der Waals surface area contributed by atoms with E-state index in [0.29, 0.717) is 15.8 Å². The zero-order chi connectivity index (χ0) is 13.3. The Hall–Kier alpha value is -1.03. The van der Waals surface area contributed by atoms with Crippen molar-refractivity contribution >= 4 is 34.8 Å². The van der Waals surface area contributed by atoms with Crippen LogP contribution in [0.2, 0.25) is 15.2 Å². The van der Waals surface area contributed by atoms with Crippen molar-refractivity contribution in [3.63, 3.8) is 0 Å². The predicted octanol–water partition coefficient (Wildman–Crippen LogP) is 4.85. The number of hydrogen-bond donors (Lipinski definition) is 0. The van der Waals surface area contributed by atoms with Gasteiger partial charge in [0.05, 0.1) is 11.4 Å². The summed E-state index contributed by atoms with van der Waals surface area (Å²) in [5.41, 5.74) is 1.51. The Morgan fingerprint density at radius 1 is 0.889 bits per heavy atom. The average molecular weight is 304 g/mol. The fourth-order valence-corrected chi connectivity index (χ4v) is 2.03. The Bertz CT molecular complexity index is 582. The van der Waals surface area contributed by atoms with E-state index in [4.69, 9.17) is 39.5 Å². The van der Waals surface area contributed by atoms with Gasteiger partial charge in [0, 0.05) is 10.0 Å². The second kappa shape index (κ2) is 5.31. The van der Waals surface area contributed by atoms with Crippen LogP contribution >= 0.6 is 34.8 Å². The first-order valence-corrected chi connectivity index (χ1v) is 6.24. The number of rotatable bonds is 2. The van der Waals surface area contributed by atoms with Crippen LogP contribution in [0.3, 0.4) is 0 Å². The third kappa shape index (κ3) is 3.05. The van der Waals surface area contributed by atoms with Crippen LogP contribution in [0.25, 0.3) is 0 Å². The molecule has 0 aliphatic heterocycles. The summed E-state index contributed by atoms with van der Waals surface area (Å²) in [4.78, 5) is 8.35.